The molecule has 0 bridgehead atoms. The molecule has 0 spiro atoms. The summed E-state index contributed by atoms with van der Waals surface area (Å²) in [5.74, 6) is 4.90. The molecule has 4 aliphatic carbocycles. The molecule has 0 radical (unpaired) electrons. The van der Waals surface area contributed by atoms with E-state index in [0.717, 1.165) is 36.5 Å². The molecule has 5 rings (SSSR count). The lowest BCUT2D eigenvalue weighted by atomic mass is 9.46. The van der Waals surface area contributed by atoms with Gasteiger partial charge in [0.25, 0.3) is 0 Å². The highest BCUT2D eigenvalue weighted by Crippen LogP contribution is 2.68. The Bertz CT molecular complexity index is 968. The van der Waals surface area contributed by atoms with Gasteiger partial charge >= 0.3 is 0 Å². The van der Waals surface area contributed by atoms with Gasteiger partial charge in [-0.15, -0.1) is 0 Å². The van der Waals surface area contributed by atoms with Crippen LogP contribution < -0.4 is 0 Å². The van der Waals surface area contributed by atoms with Crippen molar-refractivity contribution in [1.29, 1.82) is 0 Å². The molecule has 2 saturated carbocycles. The van der Waals surface area contributed by atoms with Gasteiger partial charge in [-0.25, -0.2) is 0 Å². The molecule has 2 fully saturated rings. The molecule has 184 valence electrons. The van der Waals surface area contributed by atoms with Gasteiger partial charge in [-0.1, -0.05) is 90.3 Å². The molecular formula is C33H46O. The fourth-order valence-electron chi connectivity index (χ4n) is 9.03. The third kappa shape index (κ3) is 3.96. The third-order valence-electron chi connectivity index (χ3n) is 10.9. The number of hydrogen-bond donors (Lipinski definition) is 0. The minimum Gasteiger partial charge on any atom is -0.295 e. The van der Waals surface area contributed by atoms with E-state index in [2.05, 4.69) is 71.0 Å². The lowest BCUT2D eigenvalue weighted by Crippen LogP contribution is -2.50. The number of allylic oxidation sites excluding steroid dienone is 4. The van der Waals surface area contributed by atoms with Gasteiger partial charge in [-0.05, 0) is 101 Å². The Morgan fingerprint density at radius 3 is 2.41 bits per heavy atom. The predicted octanol–water partition coefficient (Wildman–Crippen LogP) is 8.90. The summed E-state index contributed by atoms with van der Waals surface area (Å²) in [5, 5.41) is 0. The zero-order valence-corrected chi connectivity index (χ0v) is 22.3. The average molecular weight is 459 g/mol. The highest BCUT2D eigenvalue weighted by atomic mass is 16.1. The summed E-state index contributed by atoms with van der Waals surface area (Å²) in [6.07, 6.45) is 15.9. The van der Waals surface area contributed by atoms with Crippen molar-refractivity contribution in [3.8, 4) is 0 Å². The largest absolute Gasteiger partial charge is 0.295 e. The number of carbonyl (C=O) groups excluding carboxylic acids is 1. The van der Waals surface area contributed by atoms with Crippen molar-refractivity contribution in [2.24, 2.45) is 46.3 Å². The van der Waals surface area contributed by atoms with E-state index in [0.29, 0.717) is 23.0 Å². The quantitative estimate of drug-likeness (QED) is 0.416. The molecule has 1 aromatic rings. The number of rotatable bonds is 6. The predicted molar refractivity (Wildman–Crippen MR) is 143 cm³/mol. The van der Waals surface area contributed by atoms with Gasteiger partial charge in [0, 0.05) is 6.42 Å². The van der Waals surface area contributed by atoms with Gasteiger partial charge in [-0.2, -0.15) is 0 Å². The van der Waals surface area contributed by atoms with Crippen LogP contribution in [0.25, 0.3) is 5.57 Å². The molecule has 1 heteroatoms. The van der Waals surface area contributed by atoms with Crippen LogP contribution >= 0.6 is 0 Å². The highest BCUT2D eigenvalue weighted by Gasteiger charge is 2.60. The molecule has 0 aliphatic heterocycles. The lowest BCUT2D eigenvalue weighted by molar-refractivity contribution is -0.116. The number of fused-ring (bicyclic) bond motifs is 5. The Hall–Kier alpha value is -1.63. The van der Waals surface area contributed by atoms with Crippen molar-refractivity contribution in [3.63, 3.8) is 0 Å². The van der Waals surface area contributed by atoms with Crippen LogP contribution in [-0.4, -0.2) is 5.78 Å². The Kier molecular flexibility index (Phi) is 6.45. The SMILES string of the molecule is CC(C)CCC[C@@H](C)[C@H]1CC[C@H]2[C@@H]3C(c4ccccc4)=CC4=CC(=O)CC[C@]4(C)[C@H]3CC[C@]12C. The zero-order valence-electron chi connectivity index (χ0n) is 22.3. The van der Waals surface area contributed by atoms with E-state index in [4.69, 9.17) is 0 Å². The first-order valence-electron chi connectivity index (χ1n) is 14.3. The Morgan fingerprint density at radius 1 is 0.912 bits per heavy atom. The molecule has 0 saturated heterocycles. The Labute approximate surface area is 208 Å². The molecule has 0 N–H and O–H groups in total. The molecule has 34 heavy (non-hydrogen) atoms. The second-order valence-corrected chi connectivity index (χ2v) is 13.2. The van der Waals surface area contributed by atoms with Gasteiger partial charge in [0.2, 0.25) is 0 Å². The molecule has 0 aromatic heterocycles. The first kappa shape index (κ1) is 24.1. The smallest absolute Gasteiger partial charge is 0.156 e. The van der Waals surface area contributed by atoms with Crippen molar-refractivity contribution < 1.29 is 4.79 Å². The van der Waals surface area contributed by atoms with Gasteiger partial charge < -0.3 is 0 Å². The molecule has 1 aromatic carbocycles. The molecule has 0 heterocycles. The summed E-state index contributed by atoms with van der Waals surface area (Å²) in [5.41, 5.74) is 4.86. The normalized spacial score (nSPS) is 38.0. The Morgan fingerprint density at radius 2 is 1.68 bits per heavy atom. The first-order chi connectivity index (χ1) is 16.2. The van der Waals surface area contributed by atoms with Gasteiger partial charge in [0.1, 0.15) is 0 Å². The fraction of sp³-hybridized carbons (Fsp3) is 0.667. The fourth-order valence-corrected chi connectivity index (χ4v) is 9.03. The Balaban J connectivity index is 1.51. The summed E-state index contributed by atoms with van der Waals surface area (Å²) < 4.78 is 0. The van der Waals surface area contributed by atoms with Crippen LogP contribution in [-0.2, 0) is 4.79 Å². The van der Waals surface area contributed by atoms with Crippen LogP contribution in [0.15, 0.2) is 48.1 Å². The average Bonchev–Trinajstić information content (AvgIpc) is 3.17. The van der Waals surface area contributed by atoms with E-state index < -0.39 is 0 Å². The van der Waals surface area contributed by atoms with Crippen LogP contribution in [0.2, 0.25) is 0 Å². The number of benzene rings is 1. The van der Waals surface area contributed by atoms with E-state index in [-0.39, 0.29) is 5.41 Å². The monoisotopic (exact) mass is 458 g/mol. The maximum absolute atomic E-state index is 12.4. The van der Waals surface area contributed by atoms with E-state index in [1.54, 1.807) is 0 Å². The number of hydrogen-bond acceptors (Lipinski definition) is 1. The van der Waals surface area contributed by atoms with Gasteiger partial charge in [-0.3, -0.25) is 4.79 Å². The summed E-state index contributed by atoms with van der Waals surface area (Å²) in [7, 11) is 0. The zero-order chi connectivity index (χ0) is 24.1. The van der Waals surface area contributed by atoms with Crippen LogP contribution in [0.1, 0.15) is 98.0 Å². The summed E-state index contributed by atoms with van der Waals surface area (Å²) >= 11 is 0. The van der Waals surface area contributed by atoms with E-state index in [1.165, 1.54) is 61.7 Å². The summed E-state index contributed by atoms with van der Waals surface area (Å²) in [6.45, 7) is 12.5. The molecule has 1 nitrogen and oxygen atoms in total. The maximum atomic E-state index is 12.4. The molecular weight excluding hydrogens is 412 g/mol. The standard InChI is InChI=1S/C33H46O/c1-22(2)10-9-11-23(3)28-14-15-29-31-27(24-12-7-6-8-13-24)21-25-20-26(34)16-18-32(25,4)30(31)17-19-33(28,29)5/h6-8,12-13,20-23,28-31H,9-11,14-19H2,1-5H3/t23-,28-,29+,30+,31+,32+,33-/m1/s1. The summed E-state index contributed by atoms with van der Waals surface area (Å²) in [6, 6.07) is 11.1. The van der Waals surface area contributed by atoms with Crippen molar-refractivity contribution in [2.45, 2.75) is 92.4 Å². The van der Waals surface area contributed by atoms with E-state index in [1.807, 2.05) is 6.08 Å². The third-order valence-corrected chi connectivity index (χ3v) is 10.9. The van der Waals surface area contributed by atoms with E-state index >= 15 is 0 Å². The van der Waals surface area contributed by atoms with Crippen LogP contribution in [0.5, 0.6) is 0 Å². The lowest BCUT2D eigenvalue weighted by Gasteiger charge is -2.58. The van der Waals surface area contributed by atoms with Crippen molar-refractivity contribution in [1.82, 2.24) is 0 Å². The second-order valence-electron chi connectivity index (χ2n) is 13.2. The minimum absolute atomic E-state index is 0.166. The molecule has 0 unspecified atom stereocenters. The van der Waals surface area contributed by atoms with Gasteiger partial charge in [0.15, 0.2) is 5.78 Å². The van der Waals surface area contributed by atoms with Crippen LogP contribution in [0, 0.1) is 46.3 Å². The van der Waals surface area contributed by atoms with Crippen LogP contribution in [0.4, 0.5) is 0 Å². The minimum atomic E-state index is 0.166. The highest BCUT2D eigenvalue weighted by molar-refractivity contribution is 5.93. The van der Waals surface area contributed by atoms with Crippen molar-refractivity contribution in [3.05, 3.63) is 53.6 Å². The maximum Gasteiger partial charge on any atom is 0.156 e. The molecule has 4 aliphatic rings. The number of ketones is 1. The van der Waals surface area contributed by atoms with Crippen molar-refractivity contribution in [2.75, 3.05) is 0 Å². The molecule has 7 atom stereocenters. The van der Waals surface area contributed by atoms with Crippen molar-refractivity contribution >= 4 is 11.4 Å². The van der Waals surface area contributed by atoms with Gasteiger partial charge in [0.05, 0.1) is 0 Å². The topological polar surface area (TPSA) is 17.1 Å². The van der Waals surface area contributed by atoms with Crippen LogP contribution in [0.3, 0.4) is 0 Å². The second kappa shape index (κ2) is 9.11. The van der Waals surface area contributed by atoms with E-state index in [9.17, 15) is 4.79 Å². The number of carbonyl (C=O) groups is 1. The molecule has 0 amide bonds. The summed E-state index contributed by atoms with van der Waals surface area (Å²) in [4.78, 5) is 12.4. The first-order valence-corrected chi connectivity index (χ1v) is 14.3.